The fourth-order valence-corrected chi connectivity index (χ4v) is 2.89. The Hall–Kier alpha value is -4.07. The summed E-state index contributed by atoms with van der Waals surface area (Å²) >= 11 is 0. The van der Waals surface area contributed by atoms with Crippen LogP contribution in [0.15, 0.2) is 72.8 Å². The highest BCUT2D eigenvalue weighted by Gasteiger charge is 2.22. The average molecular weight is 391 g/mol. The topological polar surface area (TPSA) is 107 Å². The highest BCUT2D eigenvalue weighted by molar-refractivity contribution is 6.06. The van der Waals surface area contributed by atoms with Gasteiger partial charge in [0, 0.05) is 29.3 Å². The summed E-state index contributed by atoms with van der Waals surface area (Å²) in [5.74, 6) is -0.415. The molecule has 0 aliphatic rings. The number of rotatable bonds is 6. The molecule has 29 heavy (non-hydrogen) atoms. The Morgan fingerprint density at radius 3 is 2.14 bits per heavy atom. The van der Waals surface area contributed by atoms with E-state index in [1.165, 1.54) is 35.2 Å². The van der Waals surface area contributed by atoms with Gasteiger partial charge in [-0.05, 0) is 30.7 Å². The van der Waals surface area contributed by atoms with E-state index in [-0.39, 0.29) is 23.5 Å². The Balaban J connectivity index is 2.03. The van der Waals surface area contributed by atoms with E-state index >= 15 is 0 Å². The molecule has 0 atom stereocenters. The first-order chi connectivity index (χ1) is 13.9. The molecule has 0 heterocycles. The van der Waals surface area contributed by atoms with Gasteiger partial charge in [0.2, 0.25) is 0 Å². The highest BCUT2D eigenvalue weighted by Crippen LogP contribution is 2.28. The van der Waals surface area contributed by atoms with Gasteiger partial charge >= 0.3 is 0 Å². The van der Waals surface area contributed by atoms with Gasteiger partial charge in [-0.1, -0.05) is 36.4 Å². The lowest BCUT2D eigenvalue weighted by molar-refractivity contribution is -0.385. The number of carbonyl (C=O) groups is 1. The van der Waals surface area contributed by atoms with Gasteiger partial charge in [-0.3, -0.25) is 25.0 Å². The first-order valence-electron chi connectivity index (χ1n) is 8.72. The molecule has 0 saturated heterocycles. The van der Waals surface area contributed by atoms with Crippen LogP contribution in [-0.4, -0.2) is 15.8 Å². The Bertz CT molecular complexity index is 1070. The minimum absolute atomic E-state index is 0.0861. The lowest BCUT2D eigenvalue weighted by atomic mass is 10.1. The number of non-ortho nitro benzene ring substituents is 1. The Labute approximate surface area is 166 Å². The van der Waals surface area contributed by atoms with E-state index in [0.29, 0.717) is 11.3 Å². The number of aryl methyl sites for hydroxylation is 1. The molecule has 146 valence electrons. The van der Waals surface area contributed by atoms with Crippen molar-refractivity contribution in [3.8, 4) is 0 Å². The molecular formula is C21H17N3O5. The summed E-state index contributed by atoms with van der Waals surface area (Å²) in [6.07, 6.45) is 0. The van der Waals surface area contributed by atoms with E-state index in [2.05, 4.69) is 0 Å². The standard InChI is InChI=1S/C21H17N3O5/c1-15-7-10-19(13-20(15)24(28)29)22(14-16-5-3-2-4-6-16)21(25)17-8-11-18(12-9-17)23(26)27/h2-13H,14H2,1H3. The molecular weight excluding hydrogens is 374 g/mol. The number of anilines is 1. The van der Waals surface area contributed by atoms with Crippen LogP contribution in [0.5, 0.6) is 0 Å². The molecule has 0 radical (unpaired) electrons. The smallest absolute Gasteiger partial charge is 0.274 e. The maximum absolute atomic E-state index is 13.2. The lowest BCUT2D eigenvalue weighted by Gasteiger charge is -2.23. The molecule has 0 aliphatic carbocycles. The van der Waals surface area contributed by atoms with E-state index in [1.807, 2.05) is 30.3 Å². The van der Waals surface area contributed by atoms with E-state index in [1.54, 1.807) is 19.1 Å². The van der Waals surface area contributed by atoms with Crippen LogP contribution >= 0.6 is 0 Å². The third-order valence-corrected chi connectivity index (χ3v) is 4.45. The van der Waals surface area contributed by atoms with Crippen molar-refractivity contribution >= 4 is 23.0 Å². The number of carbonyl (C=O) groups excluding carboxylic acids is 1. The summed E-state index contributed by atoms with van der Waals surface area (Å²) in [6.45, 7) is 1.82. The third-order valence-electron chi connectivity index (χ3n) is 4.45. The summed E-state index contributed by atoms with van der Waals surface area (Å²) in [6, 6.07) is 19.1. The first kappa shape index (κ1) is 19.7. The van der Waals surface area contributed by atoms with Crippen LogP contribution < -0.4 is 4.90 Å². The normalized spacial score (nSPS) is 10.4. The molecule has 3 aromatic carbocycles. The summed E-state index contributed by atoms with van der Waals surface area (Å²) in [5.41, 5.74) is 1.73. The van der Waals surface area contributed by atoms with E-state index in [4.69, 9.17) is 0 Å². The second-order valence-electron chi connectivity index (χ2n) is 6.41. The molecule has 0 aromatic heterocycles. The highest BCUT2D eigenvalue weighted by atomic mass is 16.6. The molecule has 0 saturated carbocycles. The molecule has 0 aliphatic heterocycles. The van der Waals surface area contributed by atoms with Crippen molar-refractivity contribution in [3.05, 3.63) is 110 Å². The SMILES string of the molecule is Cc1ccc(N(Cc2ccccc2)C(=O)c2ccc([N+](=O)[O-])cc2)cc1[N+](=O)[O-]. The van der Waals surface area contributed by atoms with Crippen molar-refractivity contribution in [2.45, 2.75) is 13.5 Å². The van der Waals surface area contributed by atoms with Crippen molar-refractivity contribution < 1.29 is 14.6 Å². The average Bonchev–Trinajstić information content (AvgIpc) is 2.72. The van der Waals surface area contributed by atoms with Crippen molar-refractivity contribution in [2.75, 3.05) is 4.90 Å². The van der Waals surface area contributed by atoms with Gasteiger partial charge in [0.15, 0.2) is 0 Å². The van der Waals surface area contributed by atoms with Crippen LogP contribution in [0.25, 0.3) is 0 Å². The van der Waals surface area contributed by atoms with Crippen LogP contribution in [0.3, 0.4) is 0 Å². The zero-order valence-electron chi connectivity index (χ0n) is 15.5. The number of nitro benzene ring substituents is 2. The van der Waals surface area contributed by atoms with Crippen molar-refractivity contribution in [1.29, 1.82) is 0 Å². The molecule has 8 nitrogen and oxygen atoms in total. The second kappa shape index (κ2) is 8.30. The summed E-state index contributed by atoms with van der Waals surface area (Å²) in [4.78, 5) is 35.8. The Kier molecular flexibility index (Phi) is 5.64. The number of hydrogen-bond acceptors (Lipinski definition) is 5. The maximum atomic E-state index is 13.2. The largest absolute Gasteiger partial charge is 0.304 e. The predicted octanol–water partition coefficient (Wildman–Crippen LogP) is 4.66. The maximum Gasteiger partial charge on any atom is 0.274 e. The predicted molar refractivity (Wildman–Crippen MR) is 108 cm³/mol. The second-order valence-corrected chi connectivity index (χ2v) is 6.41. The van der Waals surface area contributed by atoms with Gasteiger partial charge in [-0.2, -0.15) is 0 Å². The summed E-state index contributed by atoms with van der Waals surface area (Å²) < 4.78 is 0. The van der Waals surface area contributed by atoms with Crippen molar-refractivity contribution in [2.24, 2.45) is 0 Å². The fourth-order valence-electron chi connectivity index (χ4n) is 2.89. The molecule has 0 unspecified atom stereocenters. The van der Waals surface area contributed by atoms with Crippen molar-refractivity contribution in [1.82, 2.24) is 0 Å². The summed E-state index contributed by atoms with van der Waals surface area (Å²) in [7, 11) is 0. The molecule has 1 amide bonds. The molecule has 0 N–H and O–H groups in total. The Morgan fingerprint density at radius 1 is 0.897 bits per heavy atom. The zero-order valence-corrected chi connectivity index (χ0v) is 15.5. The van der Waals surface area contributed by atoms with Gasteiger partial charge in [0.05, 0.1) is 22.1 Å². The number of benzene rings is 3. The number of nitro groups is 2. The van der Waals surface area contributed by atoms with Gasteiger partial charge in [0.1, 0.15) is 0 Å². The molecule has 0 fully saturated rings. The Morgan fingerprint density at radius 2 is 1.55 bits per heavy atom. The number of nitrogens with zero attached hydrogens (tertiary/aromatic N) is 3. The quantitative estimate of drug-likeness (QED) is 0.449. The van der Waals surface area contributed by atoms with Crippen LogP contribution in [0, 0.1) is 27.2 Å². The fraction of sp³-hybridized carbons (Fsp3) is 0.0952. The molecule has 8 heteroatoms. The first-order valence-corrected chi connectivity index (χ1v) is 8.72. The molecule has 0 bridgehead atoms. The van der Waals surface area contributed by atoms with Gasteiger partial charge in [0.25, 0.3) is 17.3 Å². The minimum atomic E-state index is -0.542. The van der Waals surface area contributed by atoms with Gasteiger partial charge < -0.3 is 4.90 Å². The van der Waals surface area contributed by atoms with Crippen LogP contribution in [0.1, 0.15) is 21.5 Å². The zero-order chi connectivity index (χ0) is 21.0. The number of amides is 1. The van der Waals surface area contributed by atoms with E-state index in [0.717, 1.165) is 5.56 Å². The van der Waals surface area contributed by atoms with Crippen LogP contribution in [0.2, 0.25) is 0 Å². The minimum Gasteiger partial charge on any atom is -0.304 e. The van der Waals surface area contributed by atoms with E-state index < -0.39 is 15.8 Å². The monoisotopic (exact) mass is 391 g/mol. The number of hydrogen-bond donors (Lipinski definition) is 0. The van der Waals surface area contributed by atoms with E-state index in [9.17, 15) is 25.0 Å². The molecule has 3 rings (SSSR count). The van der Waals surface area contributed by atoms with Gasteiger partial charge in [-0.15, -0.1) is 0 Å². The van der Waals surface area contributed by atoms with Crippen LogP contribution in [0.4, 0.5) is 17.1 Å². The molecule has 0 spiro atoms. The van der Waals surface area contributed by atoms with Gasteiger partial charge in [-0.25, -0.2) is 0 Å². The third kappa shape index (κ3) is 4.44. The molecule has 3 aromatic rings. The summed E-state index contributed by atoms with van der Waals surface area (Å²) in [5, 5.41) is 22.2. The van der Waals surface area contributed by atoms with Crippen molar-refractivity contribution in [3.63, 3.8) is 0 Å². The lowest BCUT2D eigenvalue weighted by Crippen LogP contribution is -2.30. The van der Waals surface area contributed by atoms with Crippen LogP contribution in [-0.2, 0) is 6.54 Å².